The van der Waals surface area contributed by atoms with E-state index in [1.807, 2.05) is 48.5 Å². The second-order valence-electron chi connectivity index (χ2n) is 6.98. The molecule has 4 heteroatoms. The summed E-state index contributed by atoms with van der Waals surface area (Å²) in [6.07, 6.45) is 3.37. The van der Waals surface area contributed by atoms with Crippen LogP contribution in [-0.2, 0) is 0 Å². The number of nitrogen functional groups attached to an aromatic ring is 2. The molecule has 0 amide bonds. The van der Waals surface area contributed by atoms with E-state index in [4.69, 9.17) is 16.2 Å². The van der Waals surface area contributed by atoms with Gasteiger partial charge >= 0.3 is 0 Å². The molecule has 0 heterocycles. The third kappa shape index (κ3) is 5.01. The number of ether oxygens (including phenoxy) is 1. The molecule has 0 bridgehead atoms. The van der Waals surface area contributed by atoms with Crippen LogP contribution in [0.4, 0.5) is 11.4 Å². The van der Waals surface area contributed by atoms with E-state index in [-0.39, 0.29) is 5.78 Å². The van der Waals surface area contributed by atoms with Crippen LogP contribution in [0.25, 0.3) is 6.08 Å². The van der Waals surface area contributed by atoms with Gasteiger partial charge in [0.05, 0.1) is 0 Å². The Morgan fingerprint density at radius 1 is 0.857 bits per heavy atom. The van der Waals surface area contributed by atoms with Crippen LogP contribution in [0.5, 0.6) is 11.5 Å². The summed E-state index contributed by atoms with van der Waals surface area (Å²) in [6, 6.07) is 20.3. The van der Waals surface area contributed by atoms with E-state index < -0.39 is 0 Å². The van der Waals surface area contributed by atoms with Crippen LogP contribution >= 0.6 is 0 Å². The average Bonchev–Trinajstić information content (AvgIpc) is 2.66. The summed E-state index contributed by atoms with van der Waals surface area (Å²) in [5.41, 5.74) is 15.5. The molecule has 3 aromatic rings. The number of allylic oxidation sites excluding steroid dienone is 1. The lowest BCUT2D eigenvalue weighted by molar-refractivity contribution is 0.104. The van der Waals surface area contributed by atoms with Crippen molar-refractivity contribution >= 4 is 23.2 Å². The molecule has 0 aliphatic heterocycles. The summed E-state index contributed by atoms with van der Waals surface area (Å²) >= 11 is 0. The first-order valence-electron chi connectivity index (χ1n) is 9.17. The quantitative estimate of drug-likeness (QED) is 0.332. The Kier molecular flexibility index (Phi) is 5.80. The van der Waals surface area contributed by atoms with E-state index in [2.05, 4.69) is 13.8 Å². The van der Waals surface area contributed by atoms with Gasteiger partial charge in [-0.1, -0.05) is 56.3 Å². The van der Waals surface area contributed by atoms with E-state index in [0.717, 1.165) is 5.56 Å². The van der Waals surface area contributed by atoms with E-state index in [0.29, 0.717) is 34.4 Å². The number of carbonyl (C=O) groups is 1. The highest BCUT2D eigenvalue weighted by Gasteiger charge is 2.04. The van der Waals surface area contributed by atoms with Gasteiger partial charge in [-0.25, -0.2) is 0 Å². The molecule has 0 unspecified atom stereocenters. The standard InChI is InChI=1S/C24H24N2O2/c1-16(2)18-6-8-19(9-7-18)24(27)12-5-17-3-10-22(11-4-17)28-23-14-20(25)13-21(26)15-23/h3-16H,25-26H2,1-2H3/b12-5+. The predicted octanol–water partition coefficient (Wildman–Crippen LogP) is 5.66. The Bertz CT molecular complexity index is 968. The first-order chi connectivity index (χ1) is 13.4. The Labute approximate surface area is 165 Å². The normalized spacial score (nSPS) is 11.1. The van der Waals surface area contributed by atoms with Gasteiger partial charge in [-0.3, -0.25) is 4.79 Å². The predicted molar refractivity (Wildman–Crippen MR) is 116 cm³/mol. The second-order valence-corrected chi connectivity index (χ2v) is 6.98. The van der Waals surface area contributed by atoms with Gasteiger partial charge in [0.15, 0.2) is 5.78 Å². The van der Waals surface area contributed by atoms with Crippen molar-refractivity contribution in [3.05, 3.63) is 89.5 Å². The maximum absolute atomic E-state index is 12.3. The Morgan fingerprint density at radius 2 is 1.46 bits per heavy atom. The van der Waals surface area contributed by atoms with Crippen LogP contribution in [-0.4, -0.2) is 5.78 Å². The van der Waals surface area contributed by atoms with Crippen LogP contribution in [0.2, 0.25) is 0 Å². The molecular weight excluding hydrogens is 348 g/mol. The number of carbonyl (C=O) groups excluding carboxylic acids is 1. The van der Waals surface area contributed by atoms with Crippen molar-refractivity contribution in [1.29, 1.82) is 0 Å². The molecule has 0 radical (unpaired) electrons. The summed E-state index contributed by atoms with van der Waals surface area (Å²) < 4.78 is 5.77. The molecule has 4 nitrogen and oxygen atoms in total. The summed E-state index contributed by atoms with van der Waals surface area (Å²) in [6.45, 7) is 4.26. The molecule has 0 aliphatic carbocycles. The van der Waals surface area contributed by atoms with Gasteiger partial charge in [0, 0.05) is 29.1 Å². The van der Waals surface area contributed by atoms with Gasteiger partial charge in [-0.05, 0) is 41.3 Å². The minimum atomic E-state index is -0.0223. The number of nitrogens with two attached hydrogens (primary N) is 2. The first kappa shape index (κ1) is 19.2. The lowest BCUT2D eigenvalue weighted by Crippen LogP contribution is -1.95. The maximum Gasteiger partial charge on any atom is 0.185 e. The number of ketones is 1. The zero-order valence-electron chi connectivity index (χ0n) is 16.1. The molecule has 4 N–H and O–H groups in total. The molecular formula is C24H24N2O2. The van der Waals surface area contributed by atoms with Gasteiger partial charge in [0.25, 0.3) is 0 Å². The number of benzene rings is 3. The zero-order valence-corrected chi connectivity index (χ0v) is 16.1. The summed E-state index contributed by atoms with van der Waals surface area (Å²) in [5.74, 6) is 1.67. The highest BCUT2D eigenvalue weighted by molar-refractivity contribution is 6.06. The Balaban J connectivity index is 1.65. The van der Waals surface area contributed by atoms with Crippen LogP contribution in [0, 0.1) is 0 Å². The van der Waals surface area contributed by atoms with E-state index in [9.17, 15) is 4.79 Å². The van der Waals surface area contributed by atoms with Crippen molar-refractivity contribution in [3.63, 3.8) is 0 Å². The van der Waals surface area contributed by atoms with Crippen molar-refractivity contribution in [1.82, 2.24) is 0 Å². The highest BCUT2D eigenvalue weighted by Crippen LogP contribution is 2.26. The van der Waals surface area contributed by atoms with Crippen molar-refractivity contribution in [3.8, 4) is 11.5 Å². The summed E-state index contributed by atoms with van der Waals surface area (Å²) in [4.78, 5) is 12.3. The Hall–Kier alpha value is -3.53. The first-order valence-corrected chi connectivity index (χ1v) is 9.17. The van der Waals surface area contributed by atoms with Crippen molar-refractivity contribution in [2.24, 2.45) is 0 Å². The molecule has 0 aromatic heterocycles. The lowest BCUT2D eigenvalue weighted by Gasteiger charge is -2.08. The van der Waals surface area contributed by atoms with Crippen molar-refractivity contribution in [2.75, 3.05) is 11.5 Å². The van der Waals surface area contributed by atoms with Gasteiger partial charge in [-0.15, -0.1) is 0 Å². The second kappa shape index (κ2) is 8.44. The van der Waals surface area contributed by atoms with E-state index in [1.54, 1.807) is 30.4 Å². The fraction of sp³-hybridized carbons (Fsp3) is 0.125. The molecule has 0 fully saturated rings. The molecule has 0 spiro atoms. The van der Waals surface area contributed by atoms with Crippen LogP contribution in [0.1, 0.15) is 41.3 Å². The molecule has 142 valence electrons. The third-order valence-corrected chi connectivity index (χ3v) is 4.36. The maximum atomic E-state index is 12.3. The highest BCUT2D eigenvalue weighted by atomic mass is 16.5. The minimum Gasteiger partial charge on any atom is -0.457 e. The fourth-order valence-corrected chi connectivity index (χ4v) is 2.79. The van der Waals surface area contributed by atoms with Crippen LogP contribution < -0.4 is 16.2 Å². The Morgan fingerprint density at radius 3 is 2.04 bits per heavy atom. The topological polar surface area (TPSA) is 78.3 Å². The number of hydrogen-bond acceptors (Lipinski definition) is 4. The fourth-order valence-electron chi connectivity index (χ4n) is 2.79. The van der Waals surface area contributed by atoms with Gasteiger partial charge in [-0.2, -0.15) is 0 Å². The third-order valence-electron chi connectivity index (χ3n) is 4.36. The smallest absolute Gasteiger partial charge is 0.185 e. The number of rotatable bonds is 6. The number of anilines is 2. The molecule has 0 atom stereocenters. The van der Waals surface area contributed by atoms with E-state index in [1.165, 1.54) is 5.56 Å². The summed E-state index contributed by atoms with van der Waals surface area (Å²) in [5, 5.41) is 0. The number of hydrogen-bond donors (Lipinski definition) is 2. The molecule has 28 heavy (non-hydrogen) atoms. The van der Waals surface area contributed by atoms with Gasteiger partial charge in [0.2, 0.25) is 0 Å². The lowest BCUT2D eigenvalue weighted by atomic mass is 10.0. The minimum absolute atomic E-state index is 0.0223. The summed E-state index contributed by atoms with van der Waals surface area (Å²) in [7, 11) is 0. The van der Waals surface area contributed by atoms with Crippen molar-refractivity contribution in [2.45, 2.75) is 19.8 Å². The average molecular weight is 372 g/mol. The molecule has 3 rings (SSSR count). The largest absolute Gasteiger partial charge is 0.457 e. The van der Waals surface area contributed by atoms with Gasteiger partial charge < -0.3 is 16.2 Å². The zero-order chi connectivity index (χ0) is 20.1. The SMILES string of the molecule is CC(C)c1ccc(C(=O)/C=C/c2ccc(Oc3cc(N)cc(N)c3)cc2)cc1. The van der Waals surface area contributed by atoms with Gasteiger partial charge in [0.1, 0.15) is 11.5 Å². The molecule has 0 saturated carbocycles. The molecule has 0 saturated heterocycles. The molecule has 0 aliphatic rings. The van der Waals surface area contributed by atoms with Crippen LogP contribution in [0.15, 0.2) is 72.8 Å². The molecule has 3 aromatic carbocycles. The monoisotopic (exact) mass is 372 g/mol. The van der Waals surface area contributed by atoms with Crippen molar-refractivity contribution < 1.29 is 9.53 Å². The van der Waals surface area contributed by atoms with Crippen LogP contribution in [0.3, 0.4) is 0 Å². The van der Waals surface area contributed by atoms with E-state index >= 15 is 0 Å².